The first-order valence-electron chi connectivity index (χ1n) is 6.45. The molecule has 20 heavy (non-hydrogen) atoms. The lowest BCUT2D eigenvalue weighted by Crippen LogP contribution is -2.28. The molecule has 2 N–H and O–H groups in total. The first-order chi connectivity index (χ1) is 9.72. The molecule has 0 saturated carbocycles. The van der Waals surface area contributed by atoms with E-state index in [1.54, 1.807) is 12.1 Å². The second-order valence-electron chi connectivity index (χ2n) is 4.98. The van der Waals surface area contributed by atoms with Crippen molar-refractivity contribution < 1.29 is 14.8 Å². The van der Waals surface area contributed by atoms with Crippen molar-refractivity contribution in [3.63, 3.8) is 0 Å². The van der Waals surface area contributed by atoms with Crippen molar-refractivity contribution in [1.29, 1.82) is 0 Å². The van der Waals surface area contributed by atoms with Crippen LogP contribution in [-0.4, -0.2) is 21.8 Å². The zero-order valence-corrected chi connectivity index (χ0v) is 10.7. The molecule has 0 amide bonds. The summed E-state index contributed by atoms with van der Waals surface area (Å²) in [5.74, 6) is 0.257. The molecule has 0 saturated heterocycles. The number of rotatable bonds is 1. The summed E-state index contributed by atoms with van der Waals surface area (Å²) in [6.07, 6.45) is 1.95. The first kappa shape index (κ1) is 11.6. The molecule has 0 bridgehead atoms. The van der Waals surface area contributed by atoms with Crippen LogP contribution in [0.5, 0.6) is 5.75 Å². The molecule has 1 aliphatic heterocycles. The SMILES string of the molecule is OB1OCc2ccc(-n3ccc4cc(O)ccc43)cc21. The normalized spacial score (nSPS) is 13.9. The van der Waals surface area contributed by atoms with Gasteiger partial charge in [-0.15, -0.1) is 0 Å². The van der Waals surface area contributed by atoms with Gasteiger partial charge in [0.15, 0.2) is 0 Å². The Bertz CT molecular complexity index is 812. The summed E-state index contributed by atoms with van der Waals surface area (Å²) in [5.41, 5.74) is 3.82. The number of aromatic nitrogens is 1. The van der Waals surface area contributed by atoms with Crippen LogP contribution in [0, 0.1) is 0 Å². The quantitative estimate of drug-likeness (QED) is 0.656. The second kappa shape index (κ2) is 4.13. The Labute approximate surface area is 116 Å². The van der Waals surface area contributed by atoms with Gasteiger partial charge in [0.1, 0.15) is 5.75 Å². The van der Waals surface area contributed by atoms with Gasteiger partial charge < -0.3 is 19.4 Å². The summed E-state index contributed by atoms with van der Waals surface area (Å²) in [6, 6.07) is 13.2. The number of nitrogens with zero attached hydrogens (tertiary/aromatic N) is 1. The van der Waals surface area contributed by atoms with Gasteiger partial charge in [-0.3, -0.25) is 0 Å². The third kappa shape index (κ3) is 1.64. The smallest absolute Gasteiger partial charge is 0.491 e. The molecular formula is C15H12BNO3. The molecule has 2 aromatic carbocycles. The van der Waals surface area contributed by atoms with Crippen molar-refractivity contribution in [1.82, 2.24) is 4.57 Å². The van der Waals surface area contributed by atoms with E-state index in [1.165, 1.54) is 0 Å². The Kier molecular flexibility index (Phi) is 2.39. The molecule has 0 radical (unpaired) electrons. The lowest BCUT2D eigenvalue weighted by atomic mass is 9.79. The largest absolute Gasteiger partial charge is 0.508 e. The molecule has 5 heteroatoms. The van der Waals surface area contributed by atoms with E-state index in [-0.39, 0.29) is 5.75 Å². The molecular weight excluding hydrogens is 253 g/mol. The van der Waals surface area contributed by atoms with Crippen LogP contribution in [0.15, 0.2) is 48.7 Å². The molecule has 0 fully saturated rings. The fourth-order valence-corrected chi connectivity index (χ4v) is 2.71. The van der Waals surface area contributed by atoms with Gasteiger partial charge in [-0.25, -0.2) is 0 Å². The number of hydrogen-bond donors (Lipinski definition) is 2. The van der Waals surface area contributed by atoms with Crippen LogP contribution < -0.4 is 5.46 Å². The van der Waals surface area contributed by atoms with E-state index in [0.717, 1.165) is 27.6 Å². The molecule has 4 nitrogen and oxygen atoms in total. The van der Waals surface area contributed by atoms with E-state index in [1.807, 2.05) is 41.1 Å². The van der Waals surface area contributed by atoms with Crippen molar-refractivity contribution in [3.8, 4) is 11.4 Å². The summed E-state index contributed by atoms with van der Waals surface area (Å²) in [4.78, 5) is 0. The number of fused-ring (bicyclic) bond motifs is 2. The number of benzene rings is 2. The van der Waals surface area contributed by atoms with E-state index < -0.39 is 7.12 Å². The van der Waals surface area contributed by atoms with Gasteiger partial charge >= 0.3 is 7.12 Å². The van der Waals surface area contributed by atoms with Crippen LogP contribution in [0.2, 0.25) is 0 Å². The predicted octanol–water partition coefficient (Wildman–Crippen LogP) is 1.55. The zero-order valence-electron chi connectivity index (χ0n) is 10.7. The molecule has 1 aromatic heterocycles. The van der Waals surface area contributed by atoms with E-state index in [2.05, 4.69) is 0 Å². The molecule has 98 valence electrons. The van der Waals surface area contributed by atoms with Crippen LogP contribution in [0.25, 0.3) is 16.6 Å². The van der Waals surface area contributed by atoms with Crippen LogP contribution >= 0.6 is 0 Å². The predicted molar refractivity (Wildman–Crippen MR) is 77.3 cm³/mol. The van der Waals surface area contributed by atoms with Gasteiger partial charge in [0.25, 0.3) is 0 Å². The van der Waals surface area contributed by atoms with E-state index in [0.29, 0.717) is 6.61 Å². The lowest BCUT2D eigenvalue weighted by Gasteiger charge is -2.08. The van der Waals surface area contributed by atoms with Gasteiger partial charge in [-0.2, -0.15) is 0 Å². The first-order valence-corrected chi connectivity index (χ1v) is 6.45. The number of aromatic hydroxyl groups is 1. The third-order valence-corrected chi connectivity index (χ3v) is 3.74. The Balaban J connectivity index is 1.89. The van der Waals surface area contributed by atoms with E-state index in [4.69, 9.17) is 4.65 Å². The summed E-state index contributed by atoms with van der Waals surface area (Å²) in [6.45, 7) is 0.455. The molecule has 4 rings (SSSR count). The maximum absolute atomic E-state index is 9.79. The summed E-state index contributed by atoms with van der Waals surface area (Å²) in [7, 11) is -0.837. The van der Waals surface area contributed by atoms with Gasteiger partial charge in [0.2, 0.25) is 0 Å². The standard InChI is InChI=1S/C15H12BNO3/c18-13-3-4-15-10(7-13)5-6-17(15)12-2-1-11-9-20-16(19)14(11)8-12/h1-8,18-19H,9H2. The summed E-state index contributed by atoms with van der Waals surface area (Å²) >= 11 is 0. The number of phenolic OH excluding ortho intramolecular Hbond substituents is 1. The molecule has 3 aromatic rings. The van der Waals surface area contributed by atoms with Gasteiger partial charge in [-0.1, -0.05) is 6.07 Å². The minimum Gasteiger partial charge on any atom is -0.508 e. The molecule has 0 aliphatic carbocycles. The highest BCUT2D eigenvalue weighted by Gasteiger charge is 2.27. The third-order valence-electron chi connectivity index (χ3n) is 3.74. The van der Waals surface area contributed by atoms with Crippen molar-refractivity contribution >= 4 is 23.5 Å². The zero-order chi connectivity index (χ0) is 13.7. The van der Waals surface area contributed by atoms with Crippen LogP contribution in [0.4, 0.5) is 0 Å². The minimum atomic E-state index is -0.837. The van der Waals surface area contributed by atoms with Crippen molar-refractivity contribution in [2.45, 2.75) is 6.61 Å². The molecule has 0 atom stereocenters. The second-order valence-corrected chi connectivity index (χ2v) is 4.98. The van der Waals surface area contributed by atoms with E-state index >= 15 is 0 Å². The minimum absolute atomic E-state index is 0.257. The lowest BCUT2D eigenvalue weighted by molar-refractivity contribution is 0.275. The summed E-state index contributed by atoms with van der Waals surface area (Å²) < 4.78 is 7.24. The Morgan fingerprint density at radius 1 is 1.10 bits per heavy atom. The average Bonchev–Trinajstić information content (AvgIpc) is 3.02. The average molecular weight is 265 g/mol. The van der Waals surface area contributed by atoms with Crippen molar-refractivity contribution in [3.05, 3.63) is 54.2 Å². The van der Waals surface area contributed by atoms with Gasteiger partial charge in [0.05, 0.1) is 12.1 Å². The monoisotopic (exact) mass is 265 g/mol. The Morgan fingerprint density at radius 2 is 2.00 bits per heavy atom. The van der Waals surface area contributed by atoms with Crippen LogP contribution in [0.1, 0.15) is 5.56 Å². The molecule has 0 spiro atoms. The highest BCUT2D eigenvalue weighted by molar-refractivity contribution is 6.61. The molecule has 1 aliphatic rings. The Morgan fingerprint density at radius 3 is 2.90 bits per heavy atom. The molecule has 0 unspecified atom stereocenters. The number of hydrogen-bond acceptors (Lipinski definition) is 3. The van der Waals surface area contributed by atoms with Crippen molar-refractivity contribution in [2.24, 2.45) is 0 Å². The number of phenols is 1. The van der Waals surface area contributed by atoms with Crippen molar-refractivity contribution in [2.75, 3.05) is 0 Å². The van der Waals surface area contributed by atoms with Crippen LogP contribution in [0.3, 0.4) is 0 Å². The Hall–Kier alpha value is -2.24. The van der Waals surface area contributed by atoms with Gasteiger partial charge in [-0.05, 0) is 47.4 Å². The van der Waals surface area contributed by atoms with E-state index in [9.17, 15) is 10.1 Å². The fraction of sp³-hybridized carbons (Fsp3) is 0.0667. The van der Waals surface area contributed by atoms with Gasteiger partial charge in [0, 0.05) is 17.3 Å². The topological polar surface area (TPSA) is 54.6 Å². The highest BCUT2D eigenvalue weighted by Crippen LogP contribution is 2.24. The van der Waals surface area contributed by atoms with Crippen LogP contribution in [-0.2, 0) is 11.3 Å². The maximum Gasteiger partial charge on any atom is 0.491 e. The maximum atomic E-state index is 9.79. The molecule has 2 heterocycles. The highest BCUT2D eigenvalue weighted by atomic mass is 16.5. The fourth-order valence-electron chi connectivity index (χ4n) is 2.71. The summed E-state index contributed by atoms with van der Waals surface area (Å²) in [5, 5.41) is 20.3.